The number of fused-ring (bicyclic) bond motifs is 1. The predicted molar refractivity (Wildman–Crippen MR) is 114 cm³/mol. The van der Waals surface area contributed by atoms with Gasteiger partial charge < -0.3 is 19.5 Å². The van der Waals surface area contributed by atoms with Crippen LogP contribution in [0.1, 0.15) is 6.92 Å². The van der Waals surface area contributed by atoms with Crippen LogP contribution in [0.25, 0.3) is 0 Å². The van der Waals surface area contributed by atoms with Crippen molar-refractivity contribution >= 4 is 33.2 Å². The zero-order valence-corrected chi connectivity index (χ0v) is 18.4. The van der Waals surface area contributed by atoms with E-state index in [1.807, 2.05) is 12.1 Å². The van der Waals surface area contributed by atoms with Gasteiger partial charge in [0.2, 0.25) is 15.9 Å². The molecule has 0 fully saturated rings. The fourth-order valence-electron chi connectivity index (χ4n) is 3.14. The molecule has 0 saturated heterocycles. The first-order valence-corrected chi connectivity index (χ1v) is 11.4. The number of benzene rings is 2. The molecular weight excluding hydrogens is 432 g/mol. The highest BCUT2D eigenvalue weighted by atomic mass is 35.5. The van der Waals surface area contributed by atoms with Crippen LogP contribution in [-0.4, -0.2) is 53.0 Å². The molecule has 30 heavy (non-hydrogen) atoms. The maximum absolute atomic E-state index is 12.8. The molecule has 10 heteroatoms. The highest BCUT2D eigenvalue weighted by molar-refractivity contribution is 7.92. The van der Waals surface area contributed by atoms with Gasteiger partial charge >= 0.3 is 0 Å². The standard InChI is InChI=1S/C20H23ClN2O6S/c1-13(23(30(3,25)26)16-10-14(21)8-9-17(16)27-2)20(24)22-11-15-12-28-18-6-4-5-7-19(18)29-15/h4-10,13,15H,11-12H2,1-3H3,(H,22,24). The lowest BCUT2D eigenvalue weighted by molar-refractivity contribution is -0.122. The van der Waals surface area contributed by atoms with E-state index in [1.165, 1.54) is 20.1 Å². The molecule has 2 unspecified atom stereocenters. The Morgan fingerprint density at radius 3 is 2.67 bits per heavy atom. The van der Waals surface area contributed by atoms with E-state index in [4.69, 9.17) is 25.8 Å². The molecule has 8 nitrogen and oxygen atoms in total. The molecule has 1 N–H and O–H groups in total. The molecule has 2 atom stereocenters. The number of rotatable bonds is 7. The average molecular weight is 455 g/mol. The minimum absolute atomic E-state index is 0.155. The number of sulfonamides is 1. The van der Waals surface area contributed by atoms with E-state index in [1.54, 1.807) is 24.3 Å². The quantitative estimate of drug-likeness (QED) is 0.690. The Hall–Kier alpha value is -2.65. The van der Waals surface area contributed by atoms with Crippen LogP contribution in [0.2, 0.25) is 5.02 Å². The first-order chi connectivity index (χ1) is 14.2. The Bertz CT molecular complexity index is 1030. The number of ether oxygens (including phenoxy) is 3. The van der Waals surface area contributed by atoms with E-state index in [-0.39, 0.29) is 24.6 Å². The molecule has 1 aliphatic rings. The largest absolute Gasteiger partial charge is 0.495 e. The SMILES string of the molecule is COc1ccc(Cl)cc1N(C(C)C(=O)NCC1COc2ccccc2O1)S(C)(=O)=O. The molecule has 0 radical (unpaired) electrons. The number of methoxy groups -OCH3 is 1. The Labute approximate surface area is 180 Å². The van der Waals surface area contributed by atoms with Gasteiger partial charge in [-0.15, -0.1) is 0 Å². The molecule has 1 heterocycles. The maximum atomic E-state index is 12.8. The average Bonchev–Trinajstić information content (AvgIpc) is 2.71. The second-order valence-corrected chi connectivity index (χ2v) is 9.09. The van der Waals surface area contributed by atoms with E-state index in [2.05, 4.69) is 5.32 Å². The smallest absolute Gasteiger partial charge is 0.243 e. The van der Waals surface area contributed by atoms with Gasteiger partial charge in [-0.25, -0.2) is 8.42 Å². The molecule has 2 aromatic carbocycles. The van der Waals surface area contributed by atoms with Crippen LogP contribution in [-0.2, 0) is 14.8 Å². The van der Waals surface area contributed by atoms with E-state index in [0.29, 0.717) is 16.5 Å². The number of hydrogen-bond donors (Lipinski definition) is 1. The number of halogens is 1. The number of anilines is 1. The number of hydrogen-bond acceptors (Lipinski definition) is 6. The van der Waals surface area contributed by atoms with Crippen LogP contribution >= 0.6 is 11.6 Å². The van der Waals surface area contributed by atoms with Gasteiger partial charge in [0.1, 0.15) is 24.5 Å². The molecule has 0 aliphatic carbocycles. The van der Waals surface area contributed by atoms with Crippen molar-refractivity contribution in [2.75, 3.05) is 30.8 Å². The van der Waals surface area contributed by atoms with Crippen LogP contribution in [0, 0.1) is 0 Å². The monoisotopic (exact) mass is 454 g/mol. The maximum Gasteiger partial charge on any atom is 0.243 e. The lowest BCUT2D eigenvalue weighted by Crippen LogP contribution is -2.50. The Kier molecular flexibility index (Phi) is 6.62. The van der Waals surface area contributed by atoms with Crippen molar-refractivity contribution < 1.29 is 27.4 Å². The van der Waals surface area contributed by atoms with E-state index in [9.17, 15) is 13.2 Å². The van der Waals surface area contributed by atoms with Gasteiger partial charge in [-0.3, -0.25) is 9.10 Å². The molecular formula is C20H23ClN2O6S. The summed E-state index contributed by atoms with van der Waals surface area (Å²) in [6, 6.07) is 10.8. The number of nitrogens with one attached hydrogen (secondary N) is 1. The number of carbonyl (C=O) groups is 1. The third kappa shape index (κ3) is 4.91. The van der Waals surface area contributed by atoms with Gasteiger partial charge in [0.05, 0.1) is 25.6 Å². The topological polar surface area (TPSA) is 94.2 Å². The zero-order chi connectivity index (χ0) is 21.9. The molecule has 0 saturated carbocycles. The highest BCUT2D eigenvalue weighted by Crippen LogP contribution is 2.34. The fraction of sp³-hybridized carbons (Fsp3) is 0.350. The van der Waals surface area contributed by atoms with Crippen LogP contribution < -0.4 is 23.8 Å². The summed E-state index contributed by atoms with van der Waals surface area (Å²) in [6.45, 7) is 1.91. The summed E-state index contributed by atoms with van der Waals surface area (Å²) in [7, 11) is -2.40. The molecule has 0 bridgehead atoms. The van der Waals surface area contributed by atoms with Gasteiger partial charge in [-0.1, -0.05) is 23.7 Å². The van der Waals surface area contributed by atoms with Crippen molar-refractivity contribution in [1.29, 1.82) is 0 Å². The second-order valence-electron chi connectivity index (χ2n) is 6.79. The van der Waals surface area contributed by atoms with Crippen molar-refractivity contribution in [3.05, 3.63) is 47.5 Å². The summed E-state index contributed by atoms with van der Waals surface area (Å²) in [6.07, 6.45) is 0.620. The van der Waals surface area contributed by atoms with E-state index in [0.717, 1.165) is 10.6 Å². The van der Waals surface area contributed by atoms with Gasteiger partial charge in [-0.2, -0.15) is 0 Å². The van der Waals surface area contributed by atoms with Crippen LogP contribution in [0.5, 0.6) is 17.2 Å². The van der Waals surface area contributed by atoms with Crippen molar-refractivity contribution in [3.8, 4) is 17.2 Å². The second kappa shape index (κ2) is 9.01. The Balaban J connectivity index is 1.74. The number of carbonyl (C=O) groups excluding carboxylic acids is 1. The lowest BCUT2D eigenvalue weighted by Gasteiger charge is -2.30. The van der Waals surface area contributed by atoms with Gasteiger partial charge in [0, 0.05) is 5.02 Å². The normalized spacial score (nSPS) is 16.5. The fourth-order valence-corrected chi connectivity index (χ4v) is 4.48. The first-order valence-electron chi connectivity index (χ1n) is 9.20. The van der Waals surface area contributed by atoms with Crippen molar-refractivity contribution in [1.82, 2.24) is 5.32 Å². The van der Waals surface area contributed by atoms with E-state index < -0.39 is 28.1 Å². The summed E-state index contributed by atoms with van der Waals surface area (Å²) in [5, 5.41) is 3.05. The molecule has 1 amide bonds. The van der Waals surface area contributed by atoms with Gasteiger partial charge in [-0.05, 0) is 37.3 Å². The Morgan fingerprint density at radius 1 is 1.30 bits per heavy atom. The summed E-state index contributed by atoms with van der Waals surface area (Å²) in [4.78, 5) is 12.8. The summed E-state index contributed by atoms with van der Waals surface area (Å²) < 4.78 is 42.7. The minimum Gasteiger partial charge on any atom is -0.495 e. The number of para-hydroxylation sites is 2. The molecule has 2 aromatic rings. The third-order valence-electron chi connectivity index (χ3n) is 4.54. The molecule has 0 aromatic heterocycles. The number of amides is 1. The molecule has 3 rings (SSSR count). The van der Waals surface area contributed by atoms with Crippen LogP contribution in [0.15, 0.2) is 42.5 Å². The predicted octanol–water partition coefficient (Wildman–Crippen LogP) is 2.46. The lowest BCUT2D eigenvalue weighted by atomic mass is 10.2. The van der Waals surface area contributed by atoms with Crippen molar-refractivity contribution in [3.63, 3.8) is 0 Å². The third-order valence-corrected chi connectivity index (χ3v) is 6.00. The molecule has 0 spiro atoms. The zero-order valence-electron chi connectivity index (χ0n) is 16.8. The van der Waals surface area contributed by atoms with Crippen molar-refractivity contribution in [2.45, 2.75) is 19.1 Å². The first kappa shape index (κ1) is 22.0. The van der Waals surface area contributed by atoms with E-state index >= 15 is 0 Å². The Morgan fingerprint density at radius 2 is 2.00 bits per heavy atom. The van der Waals surface area contributed by atoms with Crippen molar-refractivity contribution in [2.24, 2.45) is 0 Å². The molecule has 1 aliphatic heterocycles. The van der Waals surface area contributed by atoms with Gasteiger partial charge in [0.25, 0.3) is 0 Å². The highest BCUT2D eigenvalue weighted by Gasteiger charge is 2.32. The molecule has 162 valence electrons. The number of nitrogens with zero attached hydrogens (tertiary/aromatic N) is 1. The minimum atomic E-state index is -3.82. The summed E-state index contributed by atoms with van der Waals surface area (Å²) in [5.74, 6) is 1.03. The summed E-state index contributed by atoms with van der Waals surface area (Å²) in [5.41, 5.74) is 0.182. The summed E-state index contributed by atoms with van der Waals surface area (Å²) >= 11 is 6.05. The van der Waals surface area contributed by atoms with Crippen LogP contribution in [0.3, 0.4) is 0 Å². The van der Waals surface area contributed by atoms with Gasteiger partial charge in [0.15, 0.2) is 11.5 Å². The van der Waals surface area contributed by atoms with Crippen LogP contribution in [0.4, 0.5) is 5.69 Å².